The highest BCUT2D eigenvalue weighted by Gasteiger charge is 2.15. The monoisotopic (exact) mass is 239 g/mol. The molecule has 18 heavy (non-hydrogen) atoms. The Bertz CT molecular complexity index is 482. The highest BCUT2D eigenvalue weighted by molar-refractivity contribution is 5.91. The molecule has 0 amide bonds. The fraction of sp³-hybridized carbons (Fsp3) is 0.312. The summed E-state index contributed by atoms with van der Waals surface area (Å²) < 4.78 is 0. The molecule has 0 atom stereocenters. The number of terminal acetylenes is 1. The highest BCUT2D eigenvalue weighted by atomic mass is 16.1. The van der Waals surface area contributed by atoms with E-state index in [1.54, 1.807) is 6.08 Å². The summed E-state index contributed by atoms with van der Waals surface area (Å²) in [6, 6.07) is 10.2. The summed E-state index contributed by atoms with van der Waals surface area (Å²) in [6.07, 6.45) is 9.72. The number of benzene rings is 1. The molecule has 0 radical (unpaired) electrons. The fourth-order valence-corrected chi connectivity index (χ4v) is 2.20. The summed E-state index contributed by atoms with van der Waals surface area (Å²) >= 11 is 0. The van der Waals surface area contributed by atoms with Gasteiger partial charge in [0.15, 0.2) is 5.78 Å². The van der Waals surface area contributed by atoms with Crippen LogP contribution >= 0.6 is 0 Å². The summed E-state index contributed by atoms with van der Waals surface area (Å²) in [4.78, 5) is 13.6. The lowest BCUT2D eigenvalue weighted by Gasteiger charge is -2.27. The maximum absolute atomic E-state index is 11.5. The maximum Gasteiger partial charge on any atom is 0.157 e. The SMILES string of the molecule is C#CCN(Cc1ccccc1)C1=CC(=O)CCC1. The average Bonchev–Trinajstić information content (AvgIpc) is 2.39. The van der Waals surface area contributed by atoms with Crippen molar-refractivity contribution >= 4 is 5.78 Å². The van der Waals surface area contributed by atoms with Crippen LogP contribution in [0.4, 0.5) is 0 Å². The largest absolute Gasteiger partial charge is 0.359 e. The minimum atomic E-state index is 0.214. The van der Waals surface area contributed by atoms with Gasteiger partial charge in [0.1, 0.15) is 0 Å². The first-order chi connectivity index (χ1) is 8.79. The van der Waals surface area contributed by atoms with Gasteiger partial charge < -0.3 is 4.90 Å². The Labute approximate surface area is 108 Å². The van der Waals surface area contributed by atoms with E-state index in [9.17, 15) is 4.79 Å². The van der Waals surface area contributed by atoms with E-state index in [1.807, 2.05) is 18.2 Å². The fourth-order valence-electron chi connectivity index (χ4n) is 2.20. The zero-order chi connectivity index (χ0) is 12.8. The van der Waals surface area contributed by atoms with Crippen LogP contribution in [0.2, 0.25) is 0 Å². The molecule has 0 saturated heterocycles. The summed E-state index contributed by atoms with van der Waals surface area (Å²) in [5, 5.41) is 0. The van der Waals surface area contributed by atoms with Crippen molar-refractivity contribution in [2.24, 2.45) is 0 Å². The van der Waals surface area contributed by atoms with Crippen LogP contribution in [-0.4, -0.2) is 17.2 Å². The Kier molecular flexibility index (Phi) is 4.20. The first kappa shape index (κ1) is 12.4. The molecule has 1 aromatic rings. The van der Waals surface area contributed by atoms with E-state index in [-0.39, 0.29) is 5.78 Å². The molecule has 0 saturated carbocycles. The molecule has 1 aliphatic carbocycles. The van der Waals surface area contributed by atoms with Crippen LogP contribution in [0.25, 0.3) is 0 Å². The number of ketones is 1. The molecule has 0 N–H and O–H groups in total. The van der Waals surface area contributed by atoms with Gasteiger partial charge in [-0.15, -0.1) is 6.42 Å². The Morgan fingerprint density at radius 1 is 1.22 bits per heavy atom. The average molecular weight is 239 g/mol. The molecule has 0 spiro atoms. The minimum absolute atomic E-state index is 0.214. The van der Waals surface area contributed by atoms with E-state index >= 15 is 0 Å². The summed E-state index contributed by atoms with van der Waals surface area (Å²) in [5.74, 6) is 2.89. The molecule has 1 aliphatic rings. The normalized spacial score (nSPS) is 14.8. The van der Waals surface area contributed by atoms with Gasteiger partial charge in [-0.3, -0.25) is 4.79 Å². The number of rotatable bonds is 4. The number of carbonyl (C=O) groups is 1. The van der Waals surface area contributed by atoms with Gasteiger partial charge in [-0.1, -0.05) is 36.3 Å². The molecule has 92 valence electrons. The minimum Gasteiger partial charge on any atom is -0.359 e. The molecule has 0 fully saturated rings. The van der Waals surface area contributed by atoms with Gasteiger partial charge in [-0.25, -0.2) is 0 Å². The van der Waals surface area contributed by atoms with Crippen molar-refractivity contribution in [3.8, 4) is 12.3 Å². The van der Waals surface area contributed by atoms with Gasteiger partial charge in [0.05, 0.1) is 6.54 Å². The van der Waals surface area contributed by atoms with Crippen LogP contribution in [0.15, 0.2) is 42.1 Å². The summed E-state index contributed by atoms with van der Waals surface area (Å²) in [7, 11) is 0. The van der Waals surface area contributed by atoms with Gasteiger partial charge >= 0.3 is 0 Å². The second-order valence-electron chi connectivity index (χ2n) is 4.50. The Morgan fingerprint density at radius 2 is 2.00 bits per heavy atom. The maximum atomic E-state index is 11.5. The zero-order valence-electron chi connectivity index (χ0n) is 10.4. The van der Waals surface area contributed by atoms with Crippen molar-refractivity contribution in [2.75, 3.05) is 6.54 Å². The van der Waals surface area contributed by atoms with Gasteiger partial charge in [-0.2, -0.15) is 0 Å². The Morgan fingerprint density at radius 3 is 2.67 bits per heavy atom. The first-order valence-electron chi connectivity index (χ1n) is 6.25. The van der Waals surface area contributed by atoms with Crippen LogP contribution in [0.3, 0.4) is 0 Å². The predicted octanol–water partition coefficient (Wildman–Crippen LogP) is 2.76. The van der Waals surface area contributed by atoms with Gasteiger partial charge in [0.25, 0.3) is 0 Å². The van der Waals surface area contributed by atoms with Gasteiger partial charge in [-0.05, 0) is 18.4 Å². The predicted molar refractivity (Wildman–Crippen MR) is 72.6 cm³/mol. The van der Waals surface area contributed by atoms with E-state index in [0.717, 1.165) is 25.1 Å². The molecular weight excluding hydrogens is 222 g/mol. The Hall–Kier alpha value is -2.01. The molecule has 2 heteroatoms. The molecular formula is C16H17NO. The first-order valence-corrected chi connectivity index (χ1v) is 6.25. The van der Waals surface area contributed by atoms with E-state index < -0.39 is 0 Å². The number of nitrogens with zero attached hydrogens (tertiary/aromatic N) is 1. The topological polar surface area (TPSA) is 20.3 Å². The van der Waals surface area contributed by atoms with Crippen LogP contribution < -0.4 is 0 Å². The third-order valence-electron chi connectivity index (χ3n) is 3.09. The second-order valence-corrected chi connectivity index (χ2v) is 4.50. The number of allylic oxidation sites excluding steroid dienone is 2. The van der Waals surface area contributed by atoms with Crippen LogP contribution in [0, 0.1) is 12.3 Å². The standard InChI is InChI=1S/C16H17NO/c1-2-11-17(13-14-7-4-3-5-8-14)15-9-6-10-16(18)12-15/h1,3-5,7-8,12H,6,9-11,13H2. The van der Waals surface area contributed by atoms with Crippen molar-refractivity contribution in [2.45, 2.75) is 25.8 Å². The number of carbonyl (C=O) groups excluding carboxylic acids is 1. The molecule has 1 aromatic carbocycles. The third-order valence-corrected chi connectivity index (χ3v) is 3.09. The van der Waals surface area contributed by atoms with E-state index in [1.165, 1.54) is 5.56 Å². The van der Waals surface area contributed by atoms with Crippen LogP contribution in [-0.2, 0) is 11.3 Å². The van der Waals surface area contributed by atoms with Crippen LogP contribution in [0.1, 0.15) is 24.8 Å². The lowest BCUT2D eigenvalue weighted by atomic mass is 10.0. The molecule has 0 heterocycles. The van der Waals surface area contributed by atoms with E-state index in [2.05, 4.69) is 23.0 Å². The molecule has 0 aliphatic heterocycles. The zero-order valence-corrected chi connectivity index (χ0v) is 10.4. The summed E-state index contributed by atoms with van der Waals surface area (Å²) in [5.41, 5.74) is 2.29. The van der Waals surface area contributed by atoms with Gasteiger partial charge in [0.2, 0.25) is 0 Å². The van der Waals surface area contributed by atoms with Crippen LogP contribution in [0.5, 0.6) is 0 Å². The molecule has 0 unspecified atom stereocenters. The molecule has 0 bridgehead atoms. The van der Waals surface area contributed by atoms with E-state index in [4.69, 9.17) is 6.42 Å². The number of hydrogen-bond donors (Lipinski definition) is 0. The molecule has 0 aromatic heterocycles. The quantitative estimate of drug-likeness (QED) is 0.753. The summed E-state index contributed by atoms with van der Waals surface area (Å²) in [6.45, 7) is 1.32. The lowest BCUT2D eigenvalue weighted by molar-refractivity contribution is -0.115. The van der Waals surface area contributed by atoms with Crippen molar-refractivity contribution in [1.29, 1.82) is 0 Å². The second kappa shape index (κ2) is 6.07. The van der Waals surface area contributed by atoms with Gasteiger partial charge in [0, 0.05) is 24.7 Å². The van der Waals surface area contributed by atoms with E-state index in [0.29, 0.717) is 13.0 Å². The van der Waals surface area contributed by atoms with Crippen molar-refractivity contribution < 1.29 is 4.79 Å². The highest BCUT2D eigenvalue weighted by Crippen LogP contribution is 2.20. The number of hydrogen-bond acceptors (Lipinski definition) is 2. The third kappa shape index (κ3) is 3.24. The lowest BCUT2D eigenvalue weighted by Crippen LogP contribution is -2.25. The van der Waals surface area contributed by atoms with Crippen molar-refractivity contribution in [3.05, 3.63) is 47.7 Å². The van der Waals surface area contributed by atoms with Crippen molar-refractivity contribution in [1.82, 2.24) is 4.90 Å². The Balaban J connectivity index is 2.14. The molecule has 2 rings (SSSR count). The molecule has 2 nitrogen and oxygen atoms in total. The van der Waals surface area contributed by atoms with Crippen molar-refractivity contribution in [3.63, 3.8) is 0 Å². The smallest absolute Gasteiger partial charge is 0.157 e.